The number of rotatable bonds is 4. The molecule has 112 valence electrons. The van der Waals surface area contributed by atoms with Crippen LogP contribution in [0.5, 0.6) is 5.75 Å². The molecule has 0 spiro atoms. The zero-order chi connectivity index (χ0) is 15.2. The molecule has 5 nitrogen and oxygen atoms in total. The number of hydrogen-bond acceptors (Lipinski definition) is 5. The monoisotopic (exact) mass is 307 g/mol. The maximum absolute atomic E-state index is 11.9. The van der Waals surface area contributed by atoms with Gasteiger partial charge in [-0.1, -0.05) is 0 Å². The number of methoxy groups -OCH3 is 1. The summed E-state index contributed by atoms with van der Waals surface area (Å²) >= 11 is 0. The van der Waals surface area contributed by atoms with Crippen LogP contribution in [0.4, 0.5) is 0 Å². The lowest BCUT2D eigenvalue weighted by Gasteiger charge is -2.08. The molecule has 2 aromatic rings. The van der Waals surface area contributed by atoms with E-state index in [0.29, 0.717) is 23.0 Å². The molecule has 3 rings (SSSR count). The number of hydrogen-bond donors (Lipinski definition) is 0. The highest BCUT2D eigenvalue weighted by Crippen LogP contribution is 2.42. The van der Waals surface area contributed by atoms with Crippen LogP contribution in [-0.2, 0) is 9.84 Å². The molecule has 0 unspecified atom stereocenters. The van der Waals surface area contributed by atoms with Crippen LogP contribution in [0.2, 0.25) is 0 Å². The van der Waals surface area contributed by atoms with E-state index in [1.807, 2.05) is 6.92 Å². The number of aryl methyl sites for hydroxylation is 1. The molecule has 0 bridgehead atoms. The summed E-state index contributed by atoms with van der Waals surface area (Å²) in [5.41, 5.74) is 1.48. The topological polar surface area (TPSA) is 69.4 Å². The van der Waals surface area contributed by atoms with Crippen LogP contribution < -0.4 is 4.74 Å². The summed E-state index contributed by atoms with van der Waals surface area (Å²) in [6.07, 6.45) is 3.38. The van der Waals surface area contributed by atoms with Crippen molar-refractivity contribution in [3.63, 3.8) is 0 Å². The fourth-order valence-electron chi connectivity index (χ4n) is 2.30. The molecule has 1 aliphatic rings. The summed E-state index contributed by atoms with van der Waals surface area (Å²) in [7, 11) is -1.92. The Labute approximate surface area is 123 Å². The first-order valence-electron chi connectivity index (χ1n) is 6.76. The first-order chi connectivity index (χ1) is 9.90. The second-order valence-electron chi connectivity index (χ2n) is 5.38. The van der Waals surface area contributed by atoms with Gasteiger partial charge in [0.1, 0.15) is 10.6 Å². The predicted octanol–water partition coefficient (Wildman–Crippen LogP) is 2.94. The second kappa shape index (κ2) is 4.87. The molecule has 0 saturated heterocycles. The molecule has 0 N–H and O–H groups in total. The van der Waals surface area contributed by atoms with Crippen LogP contribution in [0, 0.1) is 6.92 Å². The van der Waals surface area contributed by atoms with Gasteiger partial charge in [0.2, 0.25) is 0 Å². The van der Waals surface area contributed by atoms with E-state index in [1.54, 1.807) is 18.2 Å². The van der Waals surface area contributed by atoms with Gasteiger partial charge in [-0.2, -0.15) is 0 Å². The van der Waals surface area contributed by atoms with Crippen LogP contribution in [0.3, 0.4) is 0 Å². The number of ether oxygens (including phenoxy) is 1. The molecule has 21 heavy (non-hydrogen) atoms. The maximum Gasteiger partial charge on any atom is 0.198 e. The third-order valence-electron chi connectivity index (χ3n) is 3.57. The zero-order valence-corrected chi connectivity index (χ0v) is 13.0. The molecule has 6 heteroatoms. The lowest BCUT2D eigenvalue weighted by molar-refractivity contribution is 0.403. The van der Waals surface area contributed by atoms with E-state index in [1.165, 1.54) is 7.11 Å². The lowest BCUT2D eigenvalue weighted by atomic mass is 10.1. The molecule has 1 aromatic carbocycles. The average Bonchev–Trinajstić information content (AvgIpc) is 3.20. The molecule has 1 fully saturated rings. The van der Waals surface area contributed by atoms with Crippen molar-refractivity contribution in [3.8, 4) is 17.1 Å². The number of nitrogens with zero attached hydrogens (tertiary/aromatic N) is 1. The van der Waals surface area contributed by atoms with Gasteiger partial charge in [-0.25, -0.2) is 13.4 Å². The Kier molecular flexibility index (Phi) is 3.28. The molecule has 0 amide bonds. The number of benzene rings is 1. The zero-order valence-electron chi connectivity index (χ0n) is 12.2. The van der Waals surface area contributed by atoms with Crippen molar-refractivity contribution in [3.05, 3.63) is 29.8 Å². The van der Waals surface area contributed by atoms with Gasteiger partial charge >= 0.3 is 0 Å². The third kappa shape index (κ3) is 2.68. The summed E-state index contributed by atoms with van der Waals surface area (Å²) in [5.74, 6) is 2.13. The Morgan fingerprint density at radius 1 is 1.33 bits per heavy atom. The summed E-state index contributed by atoms with van der Waals surface area (Å²) in [6.45, 7) is 1.87. The first kappa shape index (κ1) is 14.1. The fraction of sp³-hybridized carbons (Fsp3) is 0.400. The highest BCUT2D eigenvalue weighted by Gasteiger charge is 2.30. The minimum atomic E-state index is -3.37. The van der Waals surface area contributed by atoms with Crippen molar-refractivity contribution in [1.29, 1.82) is 0 Å². The van der Waals surface area contributed by atoms with Gasteiger partial charge in [0.25, 0.3) is 0 Å². The lowest BCUT2D eigenvalue weighted by Crippen LogP contribution is -2.01. The van der Waals surface area contributed by atoms with E-state index in [9.17, 15) is 8.42 Å². The average molecular weight is 307 g/mol. The largest absolute Gasteiger partial charge is 0.495 e. The van der Waals surface area contributed by atoms with Crippen molar-refractivity contribution in [1.82, 2.24) is 4.98 Å². The molecule has 1 saturated carbocycles. The molecule has 1 aliphatic carbocycles. The Morgan fingerprint density at radius 2 is 2.05 bits per heavy atom. The predicted molar refractivity (Wildman–Crippen MR) is 78.3 cm³/mol. The number of oxazole rings is 1. The summed E-state index contributed by atoms with van der Waals surface area (Å²) in [4.78, 5) is 4.59. The quantitative estimate of drug-likeness (QED) is 0.868. The normalized spacial score (nSPS) is 15.2. The maximum atomic E-state index is 11.9. The van der Waals surface area contributed by atoms with Gasteiger partial charge in [-0.05, 0) is 38.0 Å². The van der Waals surface area contributed by atoms with E-state index in [2.05, 4.69) is 4.98 Å². The van der Waals surface area contributed by atoms with E-state index in [4.69, 9.17) is 9.15 Å². The highest BCUT2D eigenvalue weighted by atomic mass is 32.2. The Bertz CT molecular complexity index is 788. The molecule has 0 atom stereocenters. The molecule has 0 radical (unpaired) electrons. The van der Waals surface area contributed by atoms with Gasteiger partial charge < -0.3 is 9.15 Å². The molecule has 1 aromatic heterocycles. The van der Waals surface area contributed by atoms with Crippen molar-refractivity contribution < 1.29 is 17.6 Å². The van der Waals surface area contributed by atoms with Crippen LogP contribution in [0.1, 0.15) is 30.3 Å². The number of sulfone groups is 1. The van der Waals surface area contributed by atoms with Crippen molar-refractivity contribution >= 4 is 9.84 Å². The Balaban J connectivity index is 2.10. The Morgan fingerprint density at radius 3 is 2.62 bits per heavy atom. The van der Waals surface area contributed by atoms with Gasteiger partial charge in [0.05, 0.1) is 12.8 Å². The Hall–Kier alpha value is -1.82. The minimum absolute atomic E-state index is 0.159. The van der Waals surface area contributed by atoms with Crippen molar-refractivity contribution in [2.24, 2.45) is 0 Å². The first-order valence-corrected chi connectivity index (χ1v) is 8.65. The van der Waals surface area contributed by atoms with Crippen LogP contribution in [0.25, 0.3) is 11.3 Å². The van der Waals surface area contributed by atoms with Crippen LogP contribution in [0.15, 0.2) is 27.5 Å². The fourth-order valence-corrected chi connectivity index (χ4v) is 3.16. The minimum Gasteiger partial charge on any atom is -0.495 e. The van der Waals surface area contributed by atoms with Crippen molar-refractivity contribution in [2.75, 3.05) is 13.4 Å². The summed E-state index contributed by atoms with van der Waals surface area (Å²) < 4.78 is 34.7. The molecule has 0 aliphatic heterocycles. The molecular weight excluding hydrogens is 290 g/mol. The van der Waals surface area contributed by atoms with Crippen LogP contribution >= 0.6 is 0 Å². The van der Waals surface area contributed by atoms with E-state index < -0.39 is 9.84 Å². The van der Waals surface area contributed by atoms with E-state index in [0.717, 1.165) is 30.7 Å². The molecular formula is C15H17NO4S. The van der Waals surface area contributed by atoms with E-state index in [-0.39, 0.29) is 4.90 Å². The third-order valence-corrected chi connectivity index (χ3v) is 4.68. The van der Waals surface area contributed by atoms with Gasteiger partial charge in [-0.15, -0.1) is 0 Å². The van der Waals surface area contributed by atoms with Gasteiger partial charge in [0, 0.05) is 17.7 Å². The summed E-state index contributed by atoms with van der Waals surface area (Å²) in [6, 6.07) is 5.01. The summed E-state index contributed by atoms with van der Waals surface area (Å²) in [5, 5.41) is 0. The van der Waals surface area contributed by atoms with Crippen LogP contribution in [-0.4, -0.2) is 26.8 Å². The molecule has 1 heterocycles. The standard InChI is InChI=1S/C15H17NO4S/c1-9-14(20-15(16-9)10-4-5-10)11-6-7-12(19-2)13(8-11)21(3,17)18/h6-8,10H,4-5H2,1-3H3. The highest BCUT2D eigenvalue weighted by molar-refractivity contribution is 7.90. The smallest absolute Gasteiger partial charge is 0.198 e. The van der Waals surface area contributed by atoms with Gasteiger partial charge in [0.15, 0.2) is 21.5 Å². The number of aromatic nitrogens is 1. The van der Waals surface area contributed by atoms with Gasteiger partial charge in [-0.3, -0.25) is 0 Å². The van der Waals surface area contributed by atoms with Crippen molar-refractivity contribution in [2.45, 2.75) is 30.6 Å². The SMILES string of the molecule is COc1ccc(-c2oc(C3CC3)nc2C)cc1S(C)(=O)=O. The second-order valence-corrected chi connectivity index (χ2v) is 7.36. The van der Waals surface area contributed by atoms with E-state index >= 15 is 0 Å².